The maximum Gasteiger partial charge on any atom is 0.472 e. The monoisotopic (exact) mass is 707 g/mol. The molecule has 0 aromatic heterocycles. The number of unbranched alkanes of at least 4 members (excludes halogenated alkanes) is 22. The van der Waals surface area contributed by atoms with Crippen LogP contribution in [0.3, 0.4) is 0 Å². The van der Waals surface area contributed by atoms with E-state index in [4.69, 9.17) is 23.6 Å². The van der Waals surface area contributed by atoms with Crippen LogP contribution in [0.15, 0.2) is 12.2 Å². The van der Waals surface area contributed by atoms with Crippen LogP contribution >= 0.6 is 7.82 Å². The van der Waals surface area contributed by atoms with Gasteiger partial charge in [-0.2, -0.15) is 0 Å². The van der Waals surface area contributed by atoms with E-state index in [1.54, 1.807) is 0 Å². The highest BCUT2D eigenvalue weighted by molar-refractivity contribution is 7.47. The molecule has 0 heterocycles. The van der Waals surface area contributed by atoms with Crippen LogP contribution in [0.25, 0.3) is 0 Å². The maximum atomic E-state index is 12.5. The minimum Gasteiger partial charge on any atom is -0.457 e. The SMILES string of the molecule is CCCCCCCC/C=C\CCCCCCCCCC(=O)OC(COCCCCCCCCCCCC)COP(=O)(O)OCC(O)CO. The van der Waals surface area contributed by atoms with Crippen LogP contribution in [0.5, 0.6) is 0 Å². The maximum absolute atomic E-state index is 12.5. The molecule has 0 fully saturated rings. The van der Waals surface area contributed by atoms with Crippen molar-refractivity contribution in [3.63, 3.8) is 0 Å². The van der Waals surface area contributed by atoms with Gasteiger partial charge in [-0.05, 0) is 38.5 Å². The number of rotatable bonds is 38. The number of ether oxygens (including phenoxy) is 2. The molecular formula is C38H75O9P. The minimum absolute atomic E-state index is 0.0523. The third kappa shape index (κ3) is 35.0. The van der Waals surface area contributed by atoms with Gasteiger partial charge in [0.2, 0.25) is 0 Å². The third-order valence-corrected chi connectivity index (χ3v) is 9.40. The van der Waals surface area contributed by atoms with Crippen LogP contribution in [0.2, 0.25) is 0 Å². The van der Waals surface area contributed by atoms with E-state index < -0.39 is 33.2 Å². The summed E-state index contributed by atoms with van der Waals surface area (Å²) in [4.78, 5) is 22.5. The van der Waals surface area contributed by atoms with E-state index in [0.717, 1.165) is 44.9 Å². The predicted octanol–water partition coefficient (Wildman–Crippen LogP) is 10.1. The van der Waals surface area contributed by atoms with Crippen LogP contribution in [-0.2, 0) is 27.9 Å². The Bertz CT molecular complexity index is 764. The number of aliphatic hydroxyl groups excluding tert-OH is 2. The number of phosphoric ester groups is 1. The highest BCUT2D eigenvalue weighted by Gasteiger charge is 2.26. The van der Waals surface area contributed by atoms with Gasteiger partial charge in [-0.15, -0.1) is 0 Å². The second-order valence-corrected chi connectivity index (χ2v) is 14.8. The first-order chi connectivity index (χ1) is 23.3. The fraction of sp³-hybridized carbons (Fsp3) is 0.921. The molecule has 48 heavy (non-hydrogen) atoms. The summed E-state index contributed by atoms with van der Waals surface area (Å²) >= 11 is 0. The molecule has 3 N–H and O–H groups in total. The summed E-state index contributed by atoms with van der Waals surface area (Å²) in [6, 6.07) is 0. The highest BCUT2D eigenvalue weighted by Crippen LogP contribution is 2.43. The molecule has 0 spiro atoms. The lowest BCUT2D eigenvalue weighted by atomic mass is 10.1. The van der Waals surface area contributed by atoms with E-state index in [2.05, 4.69) is 26.0 Å². The first-order valence-electron chi connectivity index (χ1n) is 19.7. The smallest absolute Gasteiger partial charge is 0.457 e. The Morgan fingerprint density at radius 1 is 0.625 bits per heavy atom. The zero-order valence-electron chi connectivity index (χ0n) is 31.0. The Morgan fingerprint density at radius 2 is 1.06 bits per heavy atom. The summed E-state index contributed by atoms with van der Waals surface area (Å²) in [5.41, 5.74) is 0. The van der Waals surface area contributed by atoms with Gasteiger partial charge in [-0.3, -0.25) is 13.8 Å². The largest absolute Gasteiger partial charge is 0.472 e. The van der Waals surface area contributed by atoms with Gasteiger partial charge in [-0.1, -0.05) is 148 Å². The van der Waals surface area contributed by atoms with E-state index in [9.17, 15) is 19.4 Å². The molecule has 0 aromatic carbocycles. The summed E-state index contributed by atoms with van der Waals surface area (Å²) < 4.78 is 33.2. The number of aliphatic hydroxyl groups is 2. The molecular weight excluding hydrogens is 631 g/mol. The lowest BCUT2D eigenvalue weighted by molar-refractivity contribution is -0.154. The average Bonchev–Trinajstić information content (AvgIpc) is 3.07. The molecule has 0 radical (unpaired) electrons. The fourth-order valence-electron chi connectivity index (χ4n) is 5.41. The summed E-state index contributed by atoms with van der Waals surface area (Å²) in [7, 11) is -4.50. The number of hydrogen-bond donors (Lipinski definition) is 3. The molecule has 10 heteroatoms. The van der Waals surface area contributed by atoms with E-state index in [0.29, 0.717) is 6.61 Å². The van der Waals surface area contributed by atoms with Crippen LogP contribution in [0, 0.1) is 0 Å². The highest BCUT2D eigenvalue weighted by atomic mass is 31.2. The molecule has 3 unspecified atom stereocenters. The standard InChI is InChI=1S/C38H75O9P/c1-3-5-7-9-11-13-15-16-17-18-19-20-21-22-24-26-28-30-38(41)47-37(35-46-48(42,43)45-33-36(40)32-39)34-44-31-29-27-25-23-14-12-10-8-6-4-2/h16-17,36-37,39-40H,3-15,18-35H2,1-2H3,(H,42,43)/b17-16-. The zero-order chi connectivity index (χ0) is 35.4. The molecule has 0 aliphatic heterocycles. The van der Waals surface area contributed by atoms with Gasteiger partial charge in [0, 0.05) is 13.0 Å². The molecule has 3 atom stereocenters. The third-order valence-electron chi connectivity index (χ3n) is 8.45. The number of hydrogen-bond acceptors (Lipinski definition) is 8. The Balaban J connectivity index is 4.17. The number of esters is 1. The summed E-state index contributed by atoms with van der Waals surface area (Å²) in [5, 5.41) is 18.3. The summed E-state index contributed by atoms with van der Waals surface area (Å²) in [6.07, 6.45) is 33.1. The van der Waals surface area contributed by atoms with Crippen LogP contribution in [0.4, 0.5) is 0 Å². The Morgan fingerprint density at radius 3 is 1.56 bits per heavy atom. The van der Waals surface area contributed by atoms with Crippen molar-refractivity contribution in [2.45, 2.75) is 193 Å². The van der Waals surface area contributed by atoms with Crippen LogP contribution in [0.1, 0.15) is 181 Å². The van der Waals surface area contributed by atoms with Crippen LogP contribution in [-0.4, -0.2) is 66.3 Å². The van der Waals surface area contributed by atoms with Gasteiger partial charge >= 0.3 is 13.8 Å². The number of phosphoric acid groups is 1. The average molecular weight is 707 g/mol. The molecule has 0 amide bonds. The molecule has 0 saturated heterocycles. The van der Waals surface area contributed by atoms with E-state index >= 15 is 0 Å². The normalized spacial score (nSPS) is 14.4. The quantitative estimate of drug-likeness (QED) is 0.0248. The van der Waals surface area contributed by atoms with Gasteiger partial charge in [0.15, 0.2) is 0 Å². The van der Waals surface area contributed by atoms with Crippen molar-refractivity contribution in [2.24, 2.45) is 0 Å². The molecule has 286 valence electrons. The van der Waals surface area contributed by atoms with Crippen molar-refractivity contribution in [3.8, 4) is 0 Å². The van der Waals surface area contributed by atoms with E-state index in [1.165, 1.54) is 116 Å². The second kappa shape index (κ2) is 36.0. The topological polar surface area (TPSA) is 132 Å². The van der Waals surface area contributed by atoms with Gasteiger partial charge in [-0.25, -0.2) is 4.57 Å². The van der Waals surface area contributed by atoms with Crippen molar-refractivity contribution in [2.75, 3.05) is 33.0 Å². The lowest BCUT2D eigenvalue weighted by Crippen LogP contribution is -2.29. The molecule has 0 aliphatic rings. The second-order valence-electron chi connectivity index (χ2n) is 13.3. The summed E-state index contributed by atoms with van der Waals surface area (Å²) in [5.74, 6) is -0.386. The Kier molecular flexibility index (Phi) is 35.4. The number of carbonyl (C=O) groups is 1. The molecule has 9 nitrogen and oxygen atoms in total. The molecule has 0 saturated carbocycles. The van der Waals surface area contributed by atoms with Gasteiger partial charge < -0.3 is 24.6 Å². The van der Waals surface area contributed by atoms with Gasteiger partial charge in [0.05, 0.1) is 26.4 Å². The van der Waals surface area contributed by atoms with Crippen molar-refractivity contribution in [3.05, 3.63) is 12.2 Å². The van der Waals surface area contributed by atoms with E-state index in [-0.39, 0.29) is 25.6 Å². The first-order valence-corrected chi connectivity index (χ1v) is 21.2. The zero-order valence-corrected chi connectivity index (χ0v) is 31.9. The van der Waals surface area contributed by atoms with E-state index in [1.807, 2.05) is 0 Å². The molecule has 0 aromatic rings. The molecule has 0 bridgehead atoms. The van der Waals surface area contributed by atoms with Gasteiger partial charge in [0.25, 0.3) is 0 Å². The minimum atomic E-state index is -4.50. The van der Waals surface area contributed by atoms with Gasteiger partial charge in [0.1, 0.15) is 12.2 Å². The van der Waals surface area contributed by atoms with Crippen molar-refractivity contribution in [1.82, 2.24) is 0 Å². The fourth-order valence-corrected chi connectivity index (χ4v) is 6.20. The Hall–Kier alpha value is -0.800. The van der Waals surface area contributed by atoms with Crippen LogP contribution < -0.4 is 0 Å². The lowest BCUT2D eigenvalue weighted by Gasteiger charge is -2.20. The summed E-state index contributed by atoms with van der Waals surface area (Å²) in [6.45, 7) is 3.51. The number of allylic oxidation sites excluding steroid dienone is 2. The molecule has 0 aliphatic carbocycles. The van der Waals surface area contributed by atoms with Crippen molar-refractivity contribution >= 4 is 13.8 Å². The first kappa shape index (κ1) is 47.2. The Labute approximate surface area is 294 Å². The predicted molar refractivity (Wildman–Crippen MR) is 196 cm³/mol. The van der Waals surface area contributed by atoms with Crippen molar-refractivity contribution in [1.29, 1.82) is 0 Å². The van der Waals surface area contributed by atoms with Crippen molar-refractivity contribution < 1.29 is 43.0 Å². The molecule has 0 rings (SSSR count). The number of carbonyl (C=O) groups excluding carboxylic acids is 1.